The zero-order chi connectivity index (χ0) is 14.8. The Kier molecular flexibility index (Phi) is 4.33. The summed E-state index contributed by atoms with van der Waals surface area (Å²) in [5, 5.41) is 3.48. The van der Waals surface area contributed by atoms with Crippen LogP contribution in [0.25, 0.3) is 0 Å². The Labute approximate surface area is 120 Å². The fourth-order valence-corrected chi connectivity index (χ4v) is 2.52. The van der Waals surface area contributed by atoms with Crippen molar-refractivity contribution in [3.8, 4) is 5.75 Å². The third-order valence-corrected chi connectivity index (χ3v) is 4.14. The molecule has 1 amide bonds. The number of ether oxygens (including phenoxy) is 1. The lowest BCUT2D eigenvalue weighted by Gasteiger charge is -2.29. The van der Waals surface area contributed by atoms with Crippen molar-refractivity contribution in [1.29, 1.82) is 0 Å². The molecule has 1 aromatic rings. The lowest BCUT2D eigenvalue weighted by atomic mass is 9.86. The topological polar surface area (TPSA) is 64.3 Å². The van der Waals surface area contributed by atoms with Gasteiger partial charge in [0.25, 0.3) is 0 Å². The van der Waals surface area contributed by atoms with Crippen molar-refractivity contribution in [2.24, 2.45) is 11.1 Å². The number of nitrogens with one attached hydrogen (secondary N) is 1. The Morgan fingerprint density at radius 1 is 1.45 bits per heavy atom. The fraction of sp³-hybridized carbons (Fsp3) is 0.562. The first kappa shape index (κ1) is 14.9. The molecule has 4 heteroatoms. The number of fused-ring (bicyclic) bond motifs is 1. The maximum atomic E-state index is 11.3. The summed E-state index contributed by atoms with van der Waals surface area (Å²) in [6.45, 7) is 4.37. The van der Waals surface area contributed by atoms with Crippen LogP contribution in [0.3, 0.4) is 0 Å². The van der Waals surface area contributed by atoms with Gasteiger partial charge in [-0.1, -0.05) is 6.07 Å². The van der Waals surface area contributed by atoms with Crippen LogP contribution >= 0.6 is 0 Å². The van der Waals surface area contributed by atoms with Gasteiger partial charge < -0.3 is 15.8 Å². The van der Waals surface area contributed by atoms with Crippen LogP contribution < -0.4 is 15.8 Å². The number of methoxy groups -OCH3 is 1. The van der Waals surface area contributed by atoms with Gasteiger partial charge in [0.2, 0.25) is 5.91 Å². The van der Waals surface area contributed by atoms with Crippen molar-refractivity contribution < 1.29 is 9.53 Å². The molecule has 0 heterocycles. The molecule has 2 rings (SSSR count). The zero-order valence-corrected chi connectivity index (χ0v) is 12.5. The van der Waals surface area contributed by atoms with Gasteiger partial charge in [0.05, 0.1) is 12.5 Å². The van der Waals surface area contributed by atoms with Gasteiger partial charge in [-0.3, -0.25) is 4.79 Å². The predicted molar refractivity (Wildman–Crippen MR) is 79.8 cm³/mol. The van der Waals surface area contributed by atoms with E-state index < -0.39 is 5.41 Å². The van der Waals surface area contributed by atoms with E-state index in [0.29, 0.717) is 12.6 Å². The quantitative estimate of drug-likeness (QED) is 0.859. The van der Waals surface area contributed by atoms with Gasteiger partial charge in [0.1, 0.15) is 5.75 Å². The predicted octanol–water partition coefficient (Wildman–Crippen LogP) is 1.65. The fourth-order valence-electron chi connectivity index (χ4n) is 2.52. The molecule has 0 spiro atoms. The average molecular weight is 276 g/mol. The number of benzene rings is 1. The normalized spacial score (nSPS) is 18.4. The monoisotopic (exact) mass is 276 g/mol. The summed E-state index contributed by atoms with van der Waals surface area (Å²) >= 11 is 0. The van der Waals surface area contributed by atoms with Gasteiger partial charge in [-0.2, -0.15) is 0 Å². The molecule has 0 saturated heterocycles. The summed E-state index contributed by atoms with van der Waals surface area (Å²) < 4.78 is 5.28. The molecular formula is C16H24N2O2. The molecule has 1 aliphatic carbocycles. The smallest absolute Gasteiger partial charge is 0.224 e. The Balaban J connectivity index is 1.98. The maximum absolute atomic E-state index is 11.3. The van der Waals surface area contributed by atoms with E-state index in [1.165, 1.54) is 11.1 Å². The first-order valence-corrected chi connectivity index (χ1v) is 7.11. The SMILES string of the molecule is COc1ccc2c(c1)C[C@@H](NCC(C)(C)C(N)=O)CC2. The van der Waals surface area contributed by atoms with E-state index in [-0.39, 0.29) is 5.91 Å². The van der Waals surface area contributed by atoms with Gasteiger partial charge in [-0.05, 0) is 56.4 Å². The number of hydrogen-bond donors (Lipinski definition) is 2. The van der Waals surface area contributed by atoms with Crippen molar-refractivity contribution >= 4 is 5.91 Å². The molecule has 1 aromatic carbocycles. The molecule has 0 aromatic heterocycles. The molecule has 0 radical (unpaired) electrons. The van der Waals surface area contributed by atoms with Crippen LogP contribution in [0.5, 0.6) is 5.75 Å². The van der Waals surface area contributed by atoms with E-state index in [1.54, 1.807) is 7.11 Å². The summed E-state index contributed by atoms with van der Waals surface area (Å²) in [5.41, 5.74) is 7.64. The van der Waals surface area contributed by atoms with Crippen LogP contribution in [0.4, 0.5) is 0 Å². The molecule has 0 aliphatic heterocycles. The highest BCUT2D eigenvalue weighted by Crippen LogP contribution is 2.26. The van der Waals surface area contributed by atoms with Crippen molar-refractivity contribution in [2.45, 2.75) is 39.2 Å². The molecule has 1 aliphatic rings. The van der Waals surface area contributed by atoms with Crippen LogP contribution in [-0.4, -0.2) is 25.6 Å². The second-order valence-corrected chi connectivity index (χ2v) is 6.20. The summed E-state index contributed by atoms with van der Waals surface area (Å²) in [6, 6.07) is 6.68. The molecule has 0 fully saturated rings. The lowest BCUT2D eigenvalue weighted by molar-refractivity contribution is -0.125. The minimum atomic E-state index is -0.505. The van der Waals surface area contributed by atoms with E-state index in [4.69, 9.17) is 10.5 Å². The summed E-state index contributed by atoms with van der Waals surface area (Å²) in [5.74, 6) is 0.643. The van der Waals surface area contributed by atoms with Crippen LogP contribution in [0.1, 0.15) is 31.4 Å². The first-order valence-electron chi connectivity index (χ1n) is 7.11. The van der Waals surface area contributed by atoms with Crippen molar-refractivity contribution in [3.63, 3.8) is 0 Å². The molecule has 4 nitrogen and oxygen atoms in total. The molecule has 3 N–H and O–H groups in total. The molecule has 110 valence electrons. The second kappa shape index (κ2) is 5.83. The molecule has 20 heavy (non-hydrogen) atoms. The largest absolute Gasteiger partial charge is 0.497 e. The standard InChI is InChI=1S/C16H24N2O2/c1-16(2,15(17)19)10-18-13-6-4-11-5-7-14(20-3)9-12(11)8-13/h5,7,9,13,18H,4,6,8,10H2,1-3H3,(H2,17,19)/t13-/m0/s1. The molecular weight excluding hydrogens is 252 g/mol. The third-order valence-electron chi connectivity index (χ3n) is 4.14. The van der Waals surface area contributed by atoms with Crippen molar-refractivity contribution in [3.05, 3.63) is 29.3 Å². The number of nitrogens with two attached hydrogens (primary N) is 1. The first-order chi connectivity index (χ1) is 9.42. The highest BCUT2D eigenvalue weighted by molar-refractivity contribution is 5.80. The van der Waals surface area contributed by atoms with Crippen LogP contribution in [0, 0.1) is 5.41 Å². The average Bonchev–Trinajstić information content (AvgIpc) is 2.44. The Hall–Kier alpha value is -1.55. The van der Waals surface area contributed by atoms with E-state index in [0.717, 1.165) is 25.0 Å². The number of amides is 1. The molecule has 0 unspecified atom stereocenters. The zero-order valence-electron chi connectivity index (χ0n) is 12.5. The Bertz CT molecular complexity index is 497. The van der Waals surface area contributed by atoms with Crippen LogP contribution in [-0.2, 0) is 17.6 Å². The molecule has 0 saturated carbocycles. The van der Waals surface area contributed by atoms with Crippen LogP contribution in [0.15, 0.2) is 18.2 Å². The Morgan fingerprint density at radius 3 is 2.85 bits per heavy atom. The number of primary amides is 1. The van der Waals surface area contributed by atoms with E-state index in [2.05, 4.69) is 17.4 Å². The van der Waals surface area contributed by atoms with Gasteiger partial charge in [0, 0.05) is 12.6 Å². The highest BCUT2D eigenvalue weighted by Gasteiger charge is 2.27. The van der Waals surface area contributed by atoms with Crippen molar-refractivity contribution in [2.75, 3.05) is 13.7 Å². The van der Waals surface area contributed by atoms with Gasteiger partial charge in [-0.25, -0.2) is 0 Å². The minimum absolute atomic E-state index is 0.261. The second-order valence-electron chi connectivity index (χ2n) is 6.20. The van der Waals surface area contributed by atoms with Crippen LogP contribution in [0.2, 0.25) is 0 Å². The number of aryl methyl sites for hydroxylation is 1. The highest BCUT2D eigenvalue weighted by atomic mass is 16.5. The number of carbonyl (C=O) groups is 1. The van der Waals surface area contributed by atoms with Crippen molar-refractivity contribution in [1.82, 2.24) is 5.32 Å². The summed E-state index contributed by atoms with van der Waals surface area (Å²) in [7, 11) is 1.69. The number of rotatable bonds is 5. The van der Waals surface area contributed by atoms with E-state index in [1.807, 2.05) is 19.9 Å². The minimum Gasteiger partial charge on any atom is -0.497 e. The maximum Gasteiger partial charge on any atom is 0.224 e. The third kappa shape index (κ3) is 3.31. The summed E-state index contributed by atoms with van der Waals surface area (Å²) in [6.07, 6.45) is 3.13. The van der Waals surface area contributed by atoms with E-state index >= 15 is 0 Å². The lowest BCUT2D eigenvalue weighted by Crippen LogP contribution is -2.45. The number of hydrogen-bond acceptors (Lipinski definition) is 3. The number of carbonyl (C=O) groups excluding carboxylic acids is 1. The Morgan fingerprint density at radius 2 is 2.20 bits per heavy atom. The van der Waals surface area contributed by atoms with E-state index in [9.17, 15) is 4.79 Å². The van der Waals surface area contributed by atoms with Gasteiger partial charge in [0.15, 0.2) is 0 Å². The molecule has 0 bridgehead atoms. The molecule has 1 atom stereocenters. The van der Waals surface area contributed by atoms with Gasteiger partial charge in [-0.15, -0.1) is 0 Å². The summed E-state index contributed by atoms with van der Waals surface area (Å²) in [4.78, 5) is 11.3. The van der Waals surface area contributed by atoms with Gasteiger partial charge >= 0.3 is 0 Å².